The van der Waals surface area contributed by atoms with Gasteiger partial charge in [-0.2, -0.15) is 0 Å². The second-order valence-corrected chi connectivity index (χ2v) is 4.04. The molecule has 1 fully saturated rings. The first-order chi connectivity index (χ1) is 8.50. The number of carbonyl (C=O) groups excluding carboxylic acids is 2. The highest BCUT2D eigenvalue weighted by atomic mass is 16.4. The minimum atomic E-state index is -1.50. The Labute approximate surface area is 103 Å². The van der Waals surface area contributed by atoms with E-state index in [2.05, 4.69) is 0 Å². The molecule has 6 nitrogen and oxygen atoms in total. The zero-order chi connectivity index (χ0) is 13.3. The van der Waals surface area contributed by atoms with Gasteiger partial charge in [0.25, 0.3) is 5.78 Å². The van der Waals surface area contributed by atoms with Crippen molar-refractivity contribution in [1.29, 1.82) is 0 Å². The van der Waals surface area contributed by atoms with Crippen LogP contribution in [0.4, 0.5) is 10.5 Å². The van der Waals surface area contributed by atoms with Gasteiger partial charge in [0.1, 0.15) is 0 Å². The van der Waals surface area contributed by atoms with E-state index in [0.29, 0.717) is 18.8 Å². The molecule has 0 saturated carbocycles. The van der Waals surface area contributed by atoms with E-state index in [1.54, 1.807) is 24.1 Å². The molecule has 0 unspecified atom stereocenters. The number of anilines is 1. The zero-order valence-corrected chi connectivity index (χ0v) is 9.79. The van der Waals surface area contributed by atoms with Crippen molar-refractivity contribution in [3.8, 4) is 0 Å². The molecule has 0 spiro atoms. The van der Waals surface area contributed by atoms with Gasteiger partial charge in [0.15, 0.2) is 0 Å². The Morgan fingerprint density at radius 2 is 2.00 bits per heavy atom. The summed E-state index contributed by atoms with van der Waals surface area (Å²) in [6, 6.07) is 5.93. The van der Waals surface area contributed by atoms with Gasteiger partial charge in [-0.3, -0.25) is 9.69 Å². The van der Waals surface area contributed by atoms with Crippen LogP contribution in [0.1, 0.15) is 10.4 Å². The van der Waals surface area contributed by atoms with E-state index < -0.39 is 11.8 Å². The van der Waals surface area contributed by atoms with Crippen LogP contribution in [0.2, 0.25) is 0 Å². The third-order valence-electron chi connectivity index (χ3n) is 2.83. The van der Waals surface area contributed by atoms with E-state index in [0.717, 1.165) is 0 Å². The molecule has 0 bridgehead atoms. The number of amides is 2. The van der Waals surface area contributed by atoms with Crippen LogP contribution in [0.3, 0.4) is 0 Å². The second kappa shape index (κ2) is 4.48. The molecule has 1 N–H and O–H groups in total. The maximum absolute atomic E-state index is 11.8. The highest BCUT2D eigenvalue weighted by molar-refractivity contribution is 6.40. The first-order valence-electron chi connectivity index (χ1n) is 5.41. The Balaban J connectivity index is 2.31. The summed E-state index contributed by atoms with van der Waals surface area (Å²) in [4.78, 5) is 36.8. The summed E-state index contributed by atoms with van der Waals surface area (Å²) in [7, 11) is 1.69. The molecule has 1 aliphatic rings. The number of aliphatic carboxylic acids is 1. The van der Waals surface area contributed by atoms with Gasteiger partial charge in [-0.25, -0.2) is 9.59 Å². The summed E-state index contributed by atoms with van der Waals surface area (Å²) in [5.41, 5.74) is 0.610. The Hall–Kier alpha value is -2.37. The van der Waals surface area contributed by atoms with E-state index in [9.17, 15) is 14.4 Å². The van der Waals surface area contributed by atoms with Crippen LogP contribution in [0.15, 0.2) is 24.3 Å². The highest BCUT2D eigenvalue weighted by Gasteiger charge is 2.27. The van der Waals surface area contributed by atoms with Crippen LogP contribution in [0.25, 0.3) is 0 Å². The number of carboxylic acids is 1. The minimum absolute atomic E-state index is 0.0716. The standard InChI is InChI=1S/C12H12N2O4/c1-13-5-6-14(12(13)18)9-4-2-3-8(7-9)10(15)11(16)17/h2-4,7H,5-6H2,1H3,(H,16,17). The number of nitrogens with zero attached hydrogens (tertiary/aromatic N) is 2. The van der Waals surface area contributed by atoms with Crippen molar-refractivity contribution < 1.29 is 19.5 Å². The van der Waals surface area contributed by atoms with Crippen LogP contribution < -0.4 is 4.90 Å². The number of urea groups is 1. The SMILES string of the molecule is CN1CCN(c2cccc(C(=O)C(=O)O)c2)C1=O. The molecule has 1 aromatic rings. The van der Waals surface area contributed by atoms with E-state index in [1.807, 2.05) is 0 Å². The van der Waals surface area contributed by atoms with Gasteiger partial charge < -0.3 is 10.0 Å². The predicted molar refractivity (Wildman–Crippen MR) is 63.8 cm³/mol. The highest BCUT2D eigenvalue weighted by Crippen LogP contribution is 2.21. The van der Waals surface area contributed by atoms with Crippen LogP contribution in [-0.2, 0) is 4.79 Å². The first kappa shape index (κ1) is 12.1. The lowest BCUT2D eigenvalue weighted by molar-refractivity contribution is -0.131. The van der Waals surface area contributed by atoms with Crippen LogP contribution in [0.5, 0.6) is 0 Å². The molecule has 0 aromatic heterocycles. The number of carboxylic acid groups (broad SMARTS) is 1. The van der Waals surface area contributed by atoms with Gasteiger partial charge in [-0.05, 0) is 12.1 Å². The molecular weight excluding hydrogens is 236 g/mol. The Morgan fingerprint density at radius 3 is 2.56 bits per heavy atom. The molecule has 1 aliphatic heterocycles. The number of benzene rings is 1. The zero-order valence-electron chi connectivity index (χ0n) is 9.79. The van der Waals surface area contributed by atoms with Crippen molar-refractivity contribution in [2.24, 2.45) is 0 Å². The molecule has 0 atom stereocenters. The van der Waals surface area contributed by atoms with Crippen molar-refractivity contribution >= 4 is 23.5 Å². The van der Waals surface area contributed by atoms with Crippen molar-refractivity contribution in [2.75, 3.05) is 25.0 Å². The maximum atomic E-state index is 11.8. The average Bonchev–Trinajstić information content (AvgIpc) is 2.69. The van der Waals surface area contributed by atoms with E-state index in [4.69, 9.17) is 5.11 Å². The molecule has 1 saturated heterocycles. The molecule has 18 heavy (non-hydrogen) atoms. The summed E-state index contributed by atoms with van der Waals surface area (Å²) >= 11 is 0. The van der Waals surface area contributed by atoms with E-state index in [1.165, 1.54) is 17.0 Å². The molecule has 2 rings (SSSR count). The fraction of sp³-hybridized carbons (Fsp3) is 0.250. The summed E-state index contributed by atoms with van der Waals surface area (Å²) in [6.07, 6.45) is 0. The Kier molecular flexibility index (Phi) is 3.01. The molecule has 0 radical (unpaired) electrons. The lowest BCUT2D eigenvalue weighted by Crippen LogP contribution is -2.29. The average molecular weight is 248 g/mol. The minimum Gasteiger partial charge on any atom is -0.475 e. The normalized spacial score (nSPS) is 15.1. The lowest BCUT2D eigenvalue weighted by atomic mass is 10.1. The molecule has 94 valence electrons. The summed E-state index contributed by atoms with van der Waals surface area (Å²) in [5, 5.41) is 8.65. The number of hydrogen-bond acceptors (Lipinski definition) is 3. The number of rotatable bonds is 3. The molecular formula is C12H12N2O4. The van der Waals surface area contributed by atoms with Gasteiger partial charge in [0.2, 0.25) is 0 Å². The topological polar surface area (TPSA) is 77.9 Å². The predicted octanol–water partition coefficient (Wildman–Crippen LogP) is 0.826. The number of Topliss-reactive ketones (excluding diaryl/α,β-unsaturated/α-hetero) is 1. The van der Waals surface area contributed by atoms with Gasteiger partial charge in [-0.15, -0.1) is 0 Å². The van der Waals surface area contributed by atoms with E-state index >= 15 is 0 Å². The number of carbonyl (C=O) groups is 3. The third-order valence-corrected chi connectivity index (χ3v) is 2.83. The molecule has 0 aliphatic carbocycles. The van der Waals surface area contributed by atoms with Gasteiger partial charge in [-0.1, -0.05) is 12.1 Å². The van der Waals surface area contributed by atoms with Gasteiger partial charge >= 0.3 is 12.0 Å². The number of ketones is 1. The first-order valence-corrected chi connectivity index (χ1v) is 5.41. The fourth-order valence-electron chi connectivity index (χ4n) is 1.83. The van der Waals surface area contributed by atoms with Crippen LogP contribution in [-0.4, -0.2) is 47.9 Å². The van der Waals surface area contributed by atoms with Crippen molar-refractivity contribution in [2.45, 2.75) is 0 Å². The number of likely N-dealkylation sites (N-methyl/N-ethyl adjacent to an activating group) is 1. The summed E-state index contributed by atoms with van der Waals surface area (Å²) in [6.45, 7) is 1.13. The van der Waals surface area contributed by atoms with Gasteiger partial charge in [0, 0.05) is 31.4 Å². The molecule has 2 amide bonds. The number of hydrogen-bond donors (Lipinski definition) is 1. The molecule has 1 aromatic carbocycles. The third kappa shape index (κ3) is 2.04. The monoisotopic (exact) mass is 248 g/mol. The van der Waals surface area contributed by atoms with Crippen molar-refractivity contribution in [3.05, 3.63) is 29.8 Å². The Bertz CT molecular complexity index is 527. The van der Waals surface area contributed by atoms with E-state index in [-0.39, 0.29) is 11.6 Å². The molecule has 6 heteroatoms. The summed E-state index contributed by atoms with van der Waals surface area (Å²) in [5.74, 6) is -2.48. The van der Waals surface area contributed by atoms with Crippen LogP contribution in [0, 0.1) is 0 Å². The molecule has 1 heterocycles. The van der Waals surface area contributed by atoms with Gasteiger partial charge in [0.05, 0.1) is 0 Å². The quantitative estimate of drug-likeness (QED) is 0.634. The fourth-order valence-corrected chi connectivity index (χ4v) is 1.83. The lowest BCUT2D eigenvalue weighted by Gasteiger charge is -2.16. The second-order valence-electron chi connectivity index (χ2n) is 4.04. The van der Waals surface area contributed by atoms with Crippen LogP contribution >= 0.6 is 0 Å². The van der Waals surface area contributed by atoms with Crippen molar-refractivity contribution in [1.82, 2.24) is 4.90 Å². The van der Waals surface area contributed by atoms with Crippen molar-refractivity contribution in [3.63, 3.8) is 0 Å². The Morgan fingerprint density at radius 1 is 1.28 bits per heavy atom. The largest absolute Gasteiger partial charge is 0.475 e. The maximum Gasteiger partial charge on any atom is 0.377 e. The summed E-state index contributed by atoms with van der Waals surface area (Å²) < 4.78 is 0. The smallest absolute Gasteiger partial charge is 0.377 e.